The van der Waals surface area contributed by atoms with Gasteiger partial charge in [-0.15, -0.1) is 0 Å². The molecule has 0 saturated heterocycles. The number of aliphatic hydroxyl groups excluding tert-OH is 1. The number of rotatable bonds is 0. The molecule has 1 aliphatic rings. The summed E-state index contributed by atoms with van der Waals surface area (Å²) in [5.41, 5.74) is 8.00. The number of aliphatic hydroxyl groups is 1. The van der Waals surface area contributed by atoms with Crippen LogP contribution in [0.1, 0.15) is 5.56 Å². The number of anilines is 2. The largest absolute Gasteiger partial charge is 0.399 e. The molecule has 1 heterocycles. The fourth-order valence-electron chi connectivity index (χ4n) is 1.37. The molecule has 0 fully saturated rings. The average molecular weight is 177 g/mol. The molecule has 2 rings (SSSR count). The normalized spacial score (nSPS) is 20.2. The maximum absolute atomic E-state index is 9.38. The van der Waals surface area contributed by atoms with Crippen molar-refractivity contribution in [2.24, 2.45) is 5.84 Å². The molecule has 68 valence electrons. The summed E-state index contributed by atoms with van der Waals surface area (Å²) in [4.78, 5) is 0. The first-order valence-electron chi connectivity index (χ1n) is 3.98. The van der Waals surface area contributed by atoms with E-state index in [9.17, 15) is 5.11 Å². The van der Waals surface area contributed by atoms with E-state index < -0.39 is 6.23 Å². The van der Waals surface area contributed by atoms with Gasteiger partial charge >= 0.3 is 0 Å². The van der Waals surface area contributed by atoms with Gasteiger partial charge in [0.05, 0.1) is 5.69 Å². The molecule has 4 nitrogen and oxygen atoms in total. The summed E-state index contributed by atoms with van der Waals surface area (Å²) in [7, 11) is 0. The van der Waals surface area contributed by atoms with Crippen LogP contribution in [0.4, 0.5) is 11.4 Å². The Labute approximate surface area is 76.0 Å². The number of nitrogen functional groups attached to an aromatic ring is 1. The lowest BCUT2D eigenvalue weighted by Gasteiger charge is -2.27. The molecule has 0 amide bonds. The summed E-state index contributed by atoms with van der Waals surface area (Å²) in [6.07, 6.45) is 2.66. The van der Waals surface area contributed by atoms with Gasteiger partial charge in [-0.25, -0.2) is 5.84 Å². The second kappa shape index (κ2) is 2.76. The molecule has 0 saturated carbocycles. The van der Waals surface area contributed by atoms with E-state index in [-0.39, 0.29) is 0 Å². The van der Waals surface area contributed by atoms with Gasteiger partial charge in [0, 0.05) is 11.3 Å². The summed E-state index contributed by atoms with van der Waals surface area (Å²) in [6, 6.07) is 5.36. The first-order valence-corrected chi connectivity index (χ1v) is 3.98. The van der Waals surface area contributed by atoms with Gasteiger partial charge < -0.3 is 10.8 Å². The zero-order valence-electron chi connectivity index (χ0n) is 7.01. The topological polar surface area (TPSA) is 75.5 Å². The zero-order valence-corrected chi connectivity index (χ0v) is 7.01. The Bertz CT molecular complexity index is 362. The van der Waals surface area contributed by atoms with Crippen LogP contribution in [0.2, 0.25) is 0 Å². The van der Waals surface area contributed by atoms with Crippen LogP contribution >= 0.6 is 0 Å². The monoisotopic (exact) mass is 177 g/mol. The maximum Gasteiger partial charge on any atom is 0.160 e. The lowest BCUT2D eigenvalue weighted by Crippen LogP contribution is -2.41. The SMILES string of the molecule is Nc1ccc2c(c1)C=CC(O)N2N. The van der Waals surface area contributed by atoms with E-state index in [2.05, 4.69) is 0 Å². The molecule has 4 heteroatoms. The van der Waals surface area contributed by atoms with Gasteiger partial charge in [0.15, 0.2) is 6.23 Å². The molecule has 1 aromatic rings. The van der Waals surface area contributed by atoms with Crippen LogP contribution in [-0.2, 0) is 0 Å². The fourth-order valence-corrected chi connectivity index (χ4v) is 1.37. The first-order chi connectivity index (χ1) is 6.18. The highest BCUT2D eigenvalue weighted by atomic mass is 16.3. The summed E-state index contributed by atoms with van der Waals surface area (Å²) >= 11 is 0. The minimum Gasteiger partial charge on any atom is -0.399 e. The summed E-state index contributed by atoms with van der Waals surface area (Å²) in [6.45, 7) is 0. The van der Waals surface area contributed by atoms with Crippen molar-refractivity contribution < 1.29 is 5.11 Å². The second-order valence-corrected chi connectivity index (χ2v) is 3.00. The van der Waals surface area contributed by atoms with Crippen LogP contribution in [0.25, 0.3) is 6.08 Å². The van der Waals surface area contributed by atoms with Gasteiger partial charge in [-0.3, -0.25) is 5.01 Å². The lowest BCUT2D eigenvalue weighted by atomic mass is 10.1. The van der Waals surface area contributed by atoms with Gasteiger partial charge in [-0.05, 0) is 24.3 Å². The van der Waals surface area contributed by atoms with Crippen molar-refractivity contribution in [2.45, 2.75) is 6.23 Å². The smallest absolute Gasteiger partial charge is 0.160 e. The van der Waals surface area contributed by atoms with Crippen LogP contribution in [0.3, 0.4) is 0 Å². The molecule has 0 spiro atoms. The zero-order chi connectivity index (χ0) is 9.42. The van der Waals surface area contributed by atoms with Crippen molar-refractivity contribution in [2.75, 3.05) is 10.7 Å². The van der Waals surface area contributed by atoms with E-state index in [0.29, 0.717) is 5.69 Å². The molecule has 5 N–H and O–H groups in total. The van der Waals surface area contributed by atoms with Gasteiger partial charge in [0.25, 0.3) is 0 Å². The number of fused-ring (bicyclic) bond motifs is 1. The first kappa shape index (κ1) is 8.10. The van der Waals surface area contributed by atoms with Crippen molar-refractivity contribution in [3.8, 4) is 0 Å². The average Bonchev–Trinajstić information content (AvgIpc) is 2.12. The predicted octanol–water partition coefficient (Wildman–Crippen LogP) is 0.294. The molecule has 0 bridgehead atoms. The highest BCUT2D eigenvalue weighted by molar-refractivity contribution is 5.74. The van der Waals surface area contributed by atoms with Crippen LogP contribution in [0, 0.1) is 0 Å². The van der Waals surface area contributed by atoms with Crippen molar-refractivity contribution in [3.63, 3.8) is 0 Å². The molecule has 1 aliphatic heterocycles. The number of hydrogen-bond acceptors (Lipinski definition) is 4. The fraction of sp³-hybridized carbons (Fsp3) is 0.111. The highest BCUT2D eigenvalue weighted by Crippen LogP contribution is 2.27. The van der Waals surface area contributed by atoms with Crippen molar-refractivity contribution in [1.29, 1.82) is 0 Å². The molecule has 0 radical (unpaired) electrons. The number of benzene rings is 1. The van der Waals surface area contributed by atoms with E-state index >= 15 is 0 Å². The second-order valence-electron chi connectivity index (χ2n) is 3.00. The quantitative estimate of drug-likeness (QED) is 0.393. The Morgan fingerprint density at radius 2 is 2.15 bits per heavy atom. The van der Waals surface area contributed by atoms with Gasteiger partial charge in [-0.1, -0.05) is 6.08 Å². The van der Waals surface area contributed by atoms with E-state index in [0.717, 1.165) is 11.3 Å². The van der Waals surface area contributed by atoms with E-state index in [1.807, 2.05) is 6.07 Å². The van der Waals surface area contributed by atoms with Crippen molar-refractivity contribution in [3.05, 3.63) is 29.8 Å². The van der Waals surface area contributed by atoms with Crippen LogP contribution in [0.15, 0.2) is 24.3 Å². The van der Waals surface area contributed by atoms with E-state index in [1.54, 1.807) is 24.3 Å². The number of hydrazine groups is 1. The molecule has 1 unspecified atom stereocenters. The third-order valence-electron chi connectivity index (χ3n) is 2.06. The van der Waals surface area contributed by atoms with Crippen LogP contribution in [0.5, 0.6) is 0 Å². The summed E-state index contributed by atoms with van der Waals surface area (Å²) in [5, 5.41) is 10.7. The van der Waals surface area contributed by atoms with Crippen molar-refractivity contribution >= 4 is 17.5 Å². The number of nitrogens with zero attached hydrogens (tertiary/aromatic N) is 1. The molecule has 0 aromatic heterocycles. The number of hydrogen-bond donors (Lipinski definition) is 3. The minimum absolute atomic E-state index is 0.688. The van der Waals surface area contributed by atoms with Gasteiger partial charge in [0.1, 0.15) is 0 Å². The standard InChI is InChI=1S/C9H11N3O/c10-7-2-3-8-6(5-7)1-4-9(13)12(8)11/h1-5,9,13H,10-11H2. The van der Waals surface area contributed by atoms with Crippen LogP contribution in [-0.4, -0.2) is 11.3 Å². The minimum atomic E-state index is -0.754. The lowest BCUT2D eigenvalue weighted by molar-refractivity contribution is 0.216. The summed E-state index contributed by atoms with van der Waals surface area (Å²) in [5.74, 6) is 5.63. The molecular weight excluding hydrogens is 166 g/mol. The van der Waals surface area contributed by atoms with Crippen LogP contribution < -0.4 is 16.6 Å². The number of nitrogens with two attached hydrogens (primary N) is 2. The third-order valence-corrected chi connectivity index (χ3v) is 2.06. The van der Waals surface area contributed by atoms with E-state index in [4.69, 9.17) is 11.6 Å². The molecule has 1 aromatic carbocycles. The third kappa shape index (κ3) is 1.26. The Kier molecular flexibility index (Phi) is 1.72. The molecule has 1 atom stereocenters. The highest BCUT2D eigenvalue weighted by Gasteiger charge is 2.16. The Morgan fingerprint density at radius 3 is 2.92 bits per heavy atom. The van der Waals surface area contributed by atoms with E-state index in [1.165, 1.54) is 5.01 Å². The molecule has 0 aliphatic carbocycles. The Hall–Kier alpha value is -1.52. The van der Waals surface area contributed by atoms with Gasteiger partial charge in [-0.2, -0.15) is 0 Å². The Morgan fingerprint density at radius 1 is 1.38 bits per heavy atom. The van der Waals surface area contributed by atoms with Crippen molar-refractivity contribution in [1.82, 2.24) is 0 Å². The predicted molar refractivity (Wildman–Crippen MR) is 52.6 cm³/mol. The molecular formula is C9H11N3O. The molecule has 13 heavy (non-hydrogen) atoms. The maximum atomic E-state index is 9.38. The Balaban J connectivity index is 2.52. The summed E-state index contributed by atoms with van der Waals surface area (Å²) < 4.78 is 0. The van der Waals surface area contributed by atoms with Gasteiger partial charge in [0.2, 0.25) is 0 Å².